The lowest BCUT2D eigenvalue weighted by Crippen LogP contribution is -3.00. The summed E-state index contributed by atoms with van der Waals surface area (Å²) in [6.45, 7) is 2.34. The summed E-state index contributed by atoms with van der Waals surface area (Å²) >= 11 is 0. The number of aliphatic hydroxyl groups is 1. The van der Waals surface area contributed by atoms with Crippen molar-refractivity contribution in [2.24, 2.45) is 0 Å². The third-order valence-corrected chi connectivity index (χ3v) is 2.53. The maximum Gasteiger partial charge on any atom is 0.231 e. The van der Waals surface area contributed by atoms with Gasteiger partial charge in [-0.1, -0.05) is 6.07 Å². The molecular formula is C12H17ClNO3-. The molecule has 0 aromatic heterocycles. The van der Waals surface area contributed by atoms with Crippen LogP contribution in [0.25, 0.3) is 0 Å². The normalized spacial score (nSPS) is 12.3. The zero-order valence-corrected chi connectivity index (χ0v) is 10.4. The number of halogens is 1. The van der Waals surface area contributed by atoms with E-state index in [0.29, 0.717) is 6.79 Å². The summed E-state index contributed by atoms with van der Waals surface area (Å²) < 4.78 is 10.5. The van der Waals surface area contributed by atoms with E-state index in [1.807, 2.05) is 18.2 Å². The monoisotopic (exact) mass is 258 g/mol. The molecule has 1 aliphatic rings. The Morgan fingerprint density at radius 3 is 2.82 bits per heavy atom. The zero-order chi connectivity index (χ0) is 11.2. The minimum atomic E-state index is 0. The minimum absolute atomic E-state index is 0. The summed E-state index contributed by atoms with van der Waals surface area (Å²) in [6, 6.07) is 5.97. The SMILES string of the molecule is OCCCCNCc1ccc2c(c1)OCO2.[Cl-]. The Kier molecular flexibility index (Phi) is 6.11. The second-order valence-electron chi connectivity index (χ2n) is 3.80. The number of ether oxygens (including phenoxy) is 2. The second kappa shape index (κ2) is 7.37. The van der Waals surface area contributed by atoms with Crippen molar-refractivity contribution in [1.29, 1.82) is 0 Å². The van der Waals surface area contributed by atoms with Gasteiger partial charge in [-0.25, -0.2) is 0 Å². The zero-order valence-electron chi connectivity index (χ0n) is 9.62. The van der Waals surface area contributed by atoms with Crippen molar-refractivity contribution in [2.45, 2.75) is 19.4 Å². The first-order valence-corrected chi connectivity index (χ1v) is 5.60. The largest absolute Gasteiger partial charge is 1.00 e. The van der Waals surface area contributed by atoms with Gasteiger partial charge in [-0.05, 0) is 37.1 Å². The predicted octanol–water partition coefficient (Wildman–Crippen LogP) is -1.72. The van der Waals surface area contributed by atoms with Crippen molar-refractivity contribution in [3.8, 4) is 11.5 Å². The topological polar surface area (TPSA) is 50.7 Å². The summed E-state index contributed by atoms with van der Waals surface area (Å²) in [6.07, 6.45) is 1.86. The lowest BCUT2D eigenvalue weighted by molar-refractivity contribution is -0.00000599. The van der Waals surface area contributed by atoms with Gasteiger partial charge >= 0.3 is 0 Å². The van der Waals surface area contributed by atoms with Crippen molar-refractivity contribution in [3.05, 3.63) is 23.8 Å². The van der Waals surface area contributed by atoms with Crippen LogP contribution in [0.3, 0.4) is 0 Å². The van der Waals surface area contributed by atoms with Crippen molar-refractivity contribution in [3.63, 3.8) is 0 Å². The van der Waals surface area contributed by atoms with Crippen LogP contribution in [0.15, 0.2) is 18.2 Å². The lowest BCUT2D eigenvalue weighted by Gasteiger charge is -2.05. The van der Waals surface area contributed by atoms with Gasteiger partial charge in [0.1, 0.15) is 0 Å². The van der Waals surface area contributed by atoms with Crippen LogP contribution in [0.2, 0.25) is 0 Å². The Morgan fingerprint density at radius 1 is 1.18 bits per heavy atom. The molecule has 0 unspecified atom stereocenters. The number of hydrogen-bond donors (Lipinski definition) is 2. The van der Waals surface area contributed by atoms with E-state index in [9.17, 15) is 0 Å². The molecule has 5 heteroatoms. The van der Waals surface area contributed by atoms with Crippen molar-refractivity contribution < 1.29 is 27.0 Å². The fourth-order valence-electron chi connectivity index (χ4n) is 1.65. The number of fused-ring (bicyclic) bond motifs is 1. The fourth-order valence-corrected chi connectivity index (χ4v) is 1.65. The Labute approximate surface area is 107 Å². The van der Waals surface area contributed by atoms with Crippen LogP contribution in [0.1, 0.15) is 18.4 Å². The number of hydrogen-bond acceptors (Lipinski definition) is 4. The molecule has 1 aliphatic heterocycles. The Balaban J connectivity index is 0.00000144. The van der Waals surface area contributed by atoms with Gasteiger partial charge in [0, 0.05) is 13.2 Å². The highest BCUT2D eigenvalue weighted by atomic mass is 35.5. The van der Waals surface area contributed by atoms with Crippen molar-refractivity contribution in [2.75, 3.05) is 19.9 Å². The number of benzene rings is 1. The van der Waals surface area contributed by atoms with E-state index in [1.165, 1.54) is 5.56 Å². The summed E-state index contributed by atoms with van der Waals surface area (Å²) in [5, 5.41) is 12.0. The molecule has 0 bridgehead atoms. The van der Waals surface area contributed by atoms with Gasteiger partial charge < -0.3 is 32.3 Å². The van der Waals surface area contributed by atoms with Crippen molar-refractivity contribution >= 4 is 0 Å². The van der Waals surface area contributed by atoms with E-state index in [0.717, 1.165) is 37.4 Å². The van der Waals surface area contributed by atoms with E-state index in [2.05, 4.69) is 5.32 Å². The molecule has 1 aromatic carbocycles. The standard InChI is InChI=1S/C12H17NO3.ClH/c14-6-2-1-5-13-8-10-3-4-11-12(7-10)16-9-15-11;/h3-4,7,13-14H,1-2,5-6,8-9H2;1H/p-1. The highest BCUT2D eigenvalue weighted by molar-refractivity contribution is 5.44. The van der Waals surface area contributed by atoms with Crippen LogP contribution in [0.5, 0.6) is 11.5 Å². The summed E-state index contributed by atoms with van der Waals surface area (Å²) in [5.74, 6) is 1.65. The molecule has 0 radical (unpaired) electrons. The fraction of sp³-hybridized carbons (Fsp3) is 0.500. The number of rotatable bonds is 6. The number of aliphatic hydroxyl groups excluding tert-OH is 1. The third kappa shape index (κ3) is 4.07. The van der Waals surface area contributed by atoms with Crippen molar-refractivity contribution in [1.82, 2.24) is 5.32 Å². The van der Waals surface area contributed by atoms with Crippen LogP contribution < -0.4 is 27.2 Å². The Morgan fingerprint density at radius 2 is 2.00 bits per heavy atom. The molecule has 0 amide bonds. The molecule has 4 nitrogen and oxygen atoms in total. The van der Waals surface area contributed by atoms with E-state index in [4.69, 9.17) is 14.6 Å². The van der Waals surface area contributed by atoms with E-state index in [1.54, 1.807) is 0 Å². The third-order valence-electron chi connectivity index (χ3n) is 2.53. The Hall–Kier alpha value is -0.970. The first-order valence-electron chi connectivity index (χ1n) is 5.60. The minimum Gasteiger partial charge on any atom is -1.00 e. The highest BCUT2D eigenvalue weighted by Crippen LogP contribution is 2.32. The molecule has 0 spiro atoms. The van der Waals surface area contributed by atoms with Crippen LogP contribution in [0.4, 0.5) is 0 Å². The molecule has 0 fully saturated rings. The summed E-state index contributed by atoms with van der Waals surface area (Å²) in [4.78, 5) is 0. The predicted molar refractivity (Wildman–Crippen MR) is 60.6 cm³/mol. The van der Waals surface area contributed by atoms with Gasteiger partial charge in [0.2, 0.25) is 6.79 Å². The molecule has 0 saturated carbocycles. The first kappa shape index (κ1) is 14.1. The highest BCUT2D eigenvalue weighted by Gasteiger charge is 2.12. The second-order valence-corrected chi connectivity index (χ2v) is 3.80. The van der Waals surface area contributed by atoms with Crippen LogP contribution in [-0.4, -0.2) is 25.1 Å². The molecule has 0 saturated heterocycles. The van der Waals surface area contributed by atoms with Gasteiger partial charge in [0.05, 0.1) is 0 Å². The Bertz CT molecular complexity index is 347. The quantitative estimate of drug-likeness (QED) is 0.596. The van der Waals surface area contributed by atoms with E-state index < -0.39 is 0 Å². The van der Waals surface area contributed by atoms with Gasteiger partial charge in [-0.3, -0.25) is 0 Å². The number of unbranched alkanes of at least 4 members (excludes halogenated alkanes) is 1. The molecule has 0 atom stereocenters. The van der Waals surface area contributed by atoms with Crippen LogP contribution in [-0.2, 0) is 6.54 Å². The molecular weight excluding hydrogens is 242 g/mol. The van der Waals surface area contributed by atoms with E-state index in [-0.39, 0.29) is 19.0 Å². The summed E-state index contributed by atoms with van der Waals surface area (Å²) in [7, 11) is 0. The first-order chi connectivity index (χ1) is 7.90. The van der Waals surface area contributed by atoms with Gasteiger partial charge in [-0.2, -0.15) is 0 Å². The maximum absolute atomic E-state index is 8.63. The molecule has 2 N–H and O–H groups in total. The number of nitrogens with one attached hydrogen (secondary N) is 1. The van der Waals surface area contributed by atoms with Gasteiger partial charge in [0.15, 0.2) is 11.5 Å². The van der Waals surface area contributed by atoms with Crippen LogP contribution >= 0.6 is 0 Å². The summed E-state index contributed by atoms with van der Waals surface area (Å²) in [5.41, 5.74) is 1.19. The molecule has 1 heterocycles. The molecule has 1 aromatic rings. The van der Waals surface area contributed by atoms with E-state index >= 15 is 0 Å². The molecule has 96 valence electrons. The maximum atomic E-state index is 8.63. The molecule has 0 aliphatic carbocycles. The van der Waals surface area contributed by atoms with Gasteiger partial charge in [0.25, 0.3) is 0 Å². The lowest BCUT2D eigenvalue weighted by atomic mass is 10.2. The average molecular weight is 259 g/mol. The smallest absolute Gasteiger partial charge is 0.231 e. The average Bonchev–Trinajstić information content (AvgIpc) is 2.76. The molecule has 17 heavy (non-hydrogen) atoms. The van der Waals surface area contributed by atoms with Crippen LogP contribution in [0, 0.1) is 0 Å². The molecule has 2 rings (SSSR count). The van der Waals surface area contributed by atoms with Gasteiger partial charge in [-0.15, -0.1) is 0 Å².